The number of ether oxygens (including phenoxy) is 1. The first-order valence-electron chi connectivity index (χ1n) is 7.96. The minimum absolute atomic E-state index is 0.153. The minimum atomic E-state index is -0.941. The lowest BCUT2D eigenvalue weighted by Crippen LogP contribution is -2.44. The smallest absolute Gasteiger partial charge is 0.0951 e. The fourth-order valence-electron chi connectivity index (χ4n) is 3.30. The summed E-state index contributed by atoms with van der Waals surface area (Å²) in [5, 5.41) is 15.8. The average Bonchev–Trinajstić information content (AvgIpc) is 2.55. The van der Waals surface area contributed by atoms with Gasteiger partial charge in [-0.15, -0.1) is 0 Å². The highest BCUT2D eigenvalue weighted by atomic mass is 35.5. The Morgan fingerprint density at radius 3 is 2.86 bits per heavy atom. The maximum absolute atomic E-state index is 11.5. The van der Waals surface area contributed by atoms with Crippen molar-refractivity contribution in [2.45, 2.75) is 37.7 Å². The molecule has 1 aromatic carbocycles. The highest BCUT2D eigenvalue weighted by Gasteiger charge is 2.40. The van der Waals surface area contributed by atoms with Crippen LogP contribution in [0.3, 0.4) is 0 Å². The van der Waals surface area contributed by atoms with Gasteiger partial charge in [0.05, 0.1) is 15.6 Å². The van der Waals surface area contributed by atoms with Gasteiger partial charge in [0.1, 0.15) is 0 Å². The summed E-state index contributed by atoms with van der Waals surface area (Å²) in [5.41, 5.74) is -0.184. The highest BCUT2D eigenvalue weighted by Crippen LogP contribution is 2.43. The van der Waals surface area contributed by atoms with Crippen LogP contribution < -0.4 is 5.32 Å². The predicted octanol–water partition coefficient (Wildman–Crippen LogP) is 4.00. The van der Waals surface area contributed by atoms with Gasteiger partial charge in [0, 0.05) is 31.7 Å². The number of rotatable bonds is 7. The lowest BCUT2D eigenvalue weighted by molar-refractivity contribution is -0.0433. The van der Waals surface area contributed by atoms with E-state index >= 15 is 0 Å². The number of nitrogens with one attached hydrogen (secondary N) is 1. The van der Waals surface area contributed by atoms with E-state index in [1.165, 1.54) is 0 Å². The monoisotopic (exact) mass is 345 g/mol. The van der Waals surface area contributed by atoms with Crippen LogP contribution in [-0.4, -0.2) is 31.9 Å². The quantitative estimate of drug-likeness (QED) is 0.734. The van der Waals surface area contributed by atoms with E-state index in [1.807, 2.05) is 12.1 Å². The lowest BCUT2D eigenvalue weighted by atomic mass is 9.74. The Bertz CT molecular complexity index is 478. The number of unbranched alkanes of at least 4 members (excludes halogenated alkanes) is 1. The molecule has 1 saturated heterocycles. The summed E-state index contributed by atoms with van der Waals surface area (Å²) in [4.78, 5) is 0. The van der Waals surface area contributed by atoms with Gasteiger partial charge in [-0.3, -0.25) is 0 Å². The zero-order valence-electron chi connectivity index (χ0n) is 13.1. The summed E-state index contributed by atoms with van der Waals surface area (Å²) in [6, 6.07) is 5.52. The summed E-state index contributed by atoms with van der Waals surface area (Å²) in [5.74, 6) is 0.153. The molecule has 0 saturated carbocycles. The van der Waals surface area contributed by atoms with Crippen molar-refractivity contribution in [3.8, 4) is 0 Å². The second-order valence-electron chi connectivity index (χ2n) is 6.02. The highest BCUT2D eigenvalue weighted by molar-refractivity contribution is 6.42. The molecule has 1 aliphatic rings. The molecule has 3 nitrogen and oxygen atoms in total. The molecule has 0 amide bonds. The van der Waals surface area contributed by atoms with Gasteiger partial charge in [0.15, 0.2) is 0 Å². The van der Waals surface area contributed by atoms with Crippen LogP contribution in [0.1, 0.15) is 37.7 Å². The Hall–Kier alpha value is -0.320. The number of aliphatic hydroxyl groups is 1. The summed E-state index contributed by atoms with van der Waals surface area (Å²) in [6.45, 7) is 2.53. The van der Waals surface area contributed by atoms with E-state index in [0.29, 0.717) is 23.1 Å². The SMILES string of the molecule is COCCCC[C@@](O)(c1cccc(Cl)c1Cl)[C@@H]1CCCNC1. The third-order valence-corrected chi connectivity index (χ3v) is 5.37. The molecular weight excluding hydrogens is 321 g/mol. The maximum Gasteiger partial charge on any atom is 0.0951 e. The molecule has 2 N–H and O–H groups in total. The van der Waals surface area contributed by atoms with Crippen molar-refractivity contribution in [2.24, 2.45) is 5.92 Å². The van der Waals surface area contributed by atoms with Crippen LogP contribution in [0.5, 0.6) is 0 Å². The Morgan fingerprint density at radius 2 is 2.18 bits per heavy atom. The Balaban J connectivity index is 2.25. The van der Waals surface area contributed by atoms with Gasteiger partial charge in [0.25, 0.3) is 0 Å². The molecular formula is C17H25Cl2NO2. The van der Waals surface area contributed by atoms with Crippen molar-refractivity contribution in [1.29, 1.82) is 0 Å². The average molecular weight is 346 g/mol. The van der Waals surface area contributed by atoms with Gasteiger partial charge >= 0.3 is 0 Å². The molecule has 22 heavy (non-hydrogen) atoms. The molecule has 124 valence electrons. The van der Waals surface area contributed by atoms with E-state index < -0.39 is 5.60 Å². The van der Waals surface area contributed by atoms with Gasteiger partial charge in [-0.25, -0.2) is 0 Å². The third kappa shape index (κ3) is 4.15. The molecule has 2 rings (SSSR count). The fraction of sp³-hybridized carbons (Fsp3) is 0.647. The first-order valence-corrected chi connectivity index (χ1v) is 8.71. The van der Waals surface area contributed by atoms with Crippen LogP contribution in [0.25, 0.3) is 0 Å². The van der Waals surface area contributed by atoms with Gasteiger partial charge in [-0.2, -0.15) is 0 Å². The molecule has 1 heterocycles. The Labute approximate surface area is 143 Å². The molecule has 1 fully saturated rings. The third-order valence-electron chi connectivity index (χ3n) is 4.55. The molecule has 1 aliphatic heterocycles. The van der Waals surface area contributed by atoms with Gasteiger partial charge in [-0.1, -0.05) is 35.3 Å². The molecule has 0 unspecified atom stereocenters. The van der Waals surface area contributed by atoms with E-state index in [-0.39, 0.29) is 5.92 Å². The van der Waals surface area contributed by atoms with E-state index in [0.717, 1.165) is 44.3 Å². The van der Waals surface area contributed by atoms with Crippen LogP contribution in [0, 0.1) is 5.92 Å². The first kappa shape index (κ1) is 18.0. The first-order chi connectivity index (χ1) is 10.6. The topological polar surface area (TPSA) is 41.5 Å². The van der Waals surface area contributed by atoms with E-state index in [9.17, 15) is 5.11 Å². The van der Waals surface area contributed by atoms with Gasteiger partial charge in [-0.05, 0) is 44.7 Å². The van der Waals surface area contributed by atoms with Crippen molar-refractivity contribution in [3.63, 3.8) is 0 Å². The largest absolute Gasteiger partial charge is 0.385 e. The predicted molar refractivity (Wildman–Crippen MR) is 91.7 cm³/mol. The van der Waals surface area contributed by atoms with Gasteiger partial charge in [0.2, 0.25) is 0 Å². The number of methoxy groups -OCH3 is 1. The standard InChI is InChI=1S/C17H25Cl2NO2/c1-22-11-3-2-9-17(21,13-6-5-10-20-12-13)14-7-4-8-15(18)16(14)19/h4,7-8,13,20-21H,2-3,5-6,9-12H2,1H3/t13-,17+/m1/s1. The summed E-state index contributed by atoms with van der Waals surface area (Å²) in [6.07, 6.45) is 4.56. The van der Waals surface area contributed by atoms with Crippen molar-refractivity contribution in [3.05, 3.63) is 33.8 Å². The van der Waals surface area contributed by atoms with E-state index in [4.69, 9.17) is 27.9 Å². The van der Waals surface area contributed by atoms with Crippen molar-refractivity contribution < 1.29 is 9.84 Å². The number of hydrogen-bond acceptors (Lipinski definition) is 3. The molecule has 5 heteroatoms. The Morgan fingerprint density at radius 1 is 1.36 bits per heavy atom. The van der Waals surface area contributed by atoms with E-state index in [1.54, 1.807) is 13.2 Å². The number of piperidine rings is 1. The van der Waals surface area contributed by atoms with Crippen LogP contribution in [0.2, 0.25) is 10.0 Å². The molecule has 0 aliphatic carbocycles. The van der Waals surface area contributed by atoms with Crippen molar-refractivity contribution >= 4 is 23.2 Å². The summed E-state index contributed by atoms with van der Waals surface area (Å²) in [7, 11) is 1.70. The number of halogens is 2. The second-order valence-corrected chi connectivity index (χ2v) is 6.80. The van der Waals surface area contributed by atoms with Crippen LogP contribution in [0.15, 0.2) is 18.2 Å². The molecule has 0 bridgehead atoms. The fourth-order valence-corrected chi connectivity index (χ4v) is 3.76. The zero-order chi connectivity index (χ0) is 16.0. The summed E-state index contributed by atoms with van der Waals surface area (Å²) >= 11 is 12.6. The molecule has 0 spiro atoms. The number of benzene rings is 1. The Kier molecular flexibility index (Phi) is 6.97. The molecule has 0 aromatic heterocycles. The van der Waals surface area contributed by atoms with Gasteiger partial charge < -0.3 is 15.2 Å². The molecule has 0 radical (unpaired) electrons. The van der Waals surface area contributed by atoms with Crippen LogP contribution in [-0.2, 0) is 10.3 Å². The lowest BCUT2D eigenvalue weighted by Gasteiger charge is -2.40. The van der Waals surface area contributed by atoms with Crippen LogP contribution >= 0.6 is 23.2 Å². The number of hydrogen-bond donors (Lipinski definition) is 2. The molecule has 2 atom stereocenters. The minimum Gasteiger partial charge on any atom is -0.385 e. The van der Waals surface area contributed by atoms with Crippen LogP contribution in [0.4, 0.5) is 0 Å². The van der Waals surface area contributed by atoms with Crippen molar-refractivity contribution in [2.75, 3.05) is 26.8 Å². The normalized spacial score (nSPS) is 21.5. The van der Waals surface area contributed by atoms with E-state index in [2.05, 4.69) is 5.32 Å². The summed E-state index contributed by atoms with van der Waals surface area (Å²) < 4.78 is 5.11. The molecule has 1 aromatic rings. The zero-order valence-corrected chi connectivity index (χ0v) is 14.6. The van der Waals surface area contributed by atoms with Crippen molar-refractivity contribution in [1.82, 2.24) is 5.32 Å². The maximum atomic E-state index is 11.5. The second kappa shape index (κ2) is 8.51.